The third kappa shape index (κ3) is 10.2. The summed E-state index contributed by atoms with van der Waals surface area (Å²) in [6, 6.07) is 24.0. The quantitative estimate of drug-likeness (QED) is 0.0698. The average Bonchev–Trinajstić information content (AvgIpc) is 3.55. The number of aromatic nitrogens is 3. The van der Waals surface area contributed by atoms with Crippen molar-refractivity contribution in [3.63, 3.8) is 0 Å². The van der Waals surface area contributed by atoms with Crippen LogP contribution in [0.15, 0.2) is 97.5 Å². The Bertz CT molecular complexity index is 2530. The number of Topliss-reactive ketones (excluding diaryl/α,β-unsaturated/α-hetero) is 1. The van der Waals surface area contributed by atoms with Gasteiger partial charge in [-0.1, -0.05) is 67.4 Å². The van der Waals surface area contributed by atoms with E-state index in [4.69, 9.17) is 4.98 Å². The monoisotopic (exact) mass is 845 g/mol. The highest BCUT2D eigenvalue weighted by molar-refractivity contribution is 6.24. The normalized spacial score (nSPS) is 16.6. The number of fused-ring (bicyclic) bond motifs is 1. The molecule has 0 spiro atoms. The first kappa shape index (κ1) is 42.9. The van der Waals surface area contributed by atoms with Gasteiger partial charge in [-0.15, -0.1) is 0 Å². The number of unbranched alkanes of at least 4 members (excludes halogenated alkanes) is 3. The number of nitrogens with zero attached hydrogens (tertiary/aromatic N) is 6. The van der Waals surface area contributed by atoms with Crippen LogP contribution in [0.4, 0.5) is 0 Å². The lowest BCUT2D eigenvalue weighted by Crippen LogP contribution is -2.54. The fourth-order valence-electron chi connectivity index (χ4n) is 8.75. The predicted octanol–water partition coefficient (Wildman–Crippen LogP) is 6.10. The van der Waals surface area contributed by atoms with Crippen LogP contribution in [0.1, 0.15) is 110 Å². The number of nitrogens with one attached hydrogen (secondary N) is 1. The van der Waals surface area contributed by atoms with E-state index in [9.17, 15) is 28.8 Å². The zero-order valence-electron chi connectivity index (χ0n) is 35.6. The lowest BCUT2D eigenvalue weighted by atomic mass is 9.97. The zero-order chi connectivity index (χ0) is 43.9. The maximum Gasteiger partial charge on any atom is 0.262 e. The van der Waals surface area contributed by atoms with E-state index in [1.807, 2.05) is 59.5 Å². The molecule has 3 aliphatic rings. The third-order valence-corrected chi connectivity index (χ3v) is 12.3. The molecule has 0 aliphatic carbocycles. The number of piperazine rings is 1. The van der Waals surface area contributed by atoms with Gasteiger partial charge in [-0.2, -0.15) is 0 Å². The Hall–Kier alpha value is -6.73. The SMILES string of the molecule is Cc1ccc(CC(=O)c2ccc(CN3CCN(C(=O)CCCCCCc4cccc5c4C(=O)N(C4CCC(=O)NC4=O)C5=O)CC3)cc2)cc1Cc1nccc(-c2cccnc2)n1. The maximum atomic E-state index is 13.4. The van der Waals surface area contributed by atoms with Crippen LogP contribution in [0, 0.1) is 6.92 Å². The summed E-state index contributed by atoms with van der Waals surface area (Å²) in [4.78, 5) is 95.8. The van der Waals surface area contributed by atoms with Gasteiger partial charge >= 0.3 is 0 Å². The van der Waals surface area contributed by atoms with Gasteiger partial charge in [0.05, 0.1) is 16.8 Å². The number of carbonyl (C=O) groups excluding carboxylic acids is 6. The molecule has 1 atom stereocenters. The molecular formula is C50H51N7O6. The molecule has 5 amide bonds. The van der Waals surface area contributed by atoms with Crippen LogP contribution in [0.2, 0.25) is 0 Å². The van der Waals surface area contributed by atoms with Crippen molar-refractivity contribution in [2.75, 3.05) is 26.2 Å². The first-order chi connectivity index (χ1) is 30.6. The van der Waals surface area contributed by atoms with Crippen LogP contribution >= 0.6 is 0 Å². The number of hydrogen-bond acceptors (Lipinski definition) is 10. The molecular weight excluding hydrogens is 795 g/mol. The highest BCUT2D eigenvalue weighted by Crippen LogP contribution is 2.31. The van der Waals surface area contributed by atoms with E-state index in [1.54, 1.807) is 30.7 Å². The number of hydrogen-bond donors (Lipinski definition) is 1. The second-order valence-electron chi connectivity index (χ2n) is 16.7. The second kappa shape index (κ2) is 19.5. The zero-order valence-corrected chi connectivity index (χ0v) is 35.6. The van der Waals surface area contributed by atoms with E-state index in [-0.39, 0.29) is 24.5 Å². The number of ketones is 1. The molecule has 322 valence electrons. The van der Waals surface area contributed by atoms with Crippen LogP contribution in [0.3, 0.4) is 0 Å². The topological polar surface area (TPSA) is 163 Å². The molecule has 2 saturated heterocycles. The molecule has 63 heavy (non-hydrogen) atoms. The summed E-state index contributed by atoms with van der Waals surface area (Å²) in [6.45, 7) is 5.73. The molecule has 0 saturated carbocycles. The Morgan fingerprint density at radius 1 is 0.794 bits per heavy atom. The Morgan fingerprint density at radius 2 is 1.59 bits per heavy atom. The minimum Gasteiger partial charge on any atom is -0.340 e. The summed E-state index contributed by atoms with van der Waals surface area (Å²) in [5, 5.41) is 2.24. The fraction of sp³-hybridized carbons (Fsp3) is 0.340. The molecule has 0 radical (unpaired) electrons. The number of benzene rings is 3. The summed E-state index contributed by atoms with van der Waals surface area (Å²) in [6.07, 6.45) is 10.8. The first-order valence-corrected chi connectivity index (χ1v) is 21.9. The van der Waals surface area contributed by atoms with Gasteiger partial charge in [0.1, 0.15) is 11.9 Å². The molecule has 13 heteroatoms. The van der Waals surface area contributed by atoms with Crippen molar-refractivity contribution in [3.05, 3.63) is 148 Å². The number of amides is 5. The van der Waals surface area contributed by atoms with Crippen molar-refractivity contribution in [1.29, 1.82) is 0 Å². The lowest BCUT2D eigenvalue weighted by Gasteiger charge is -2.35. The molecule has 2 aromatic heterocycles. The molecule has 1 N–H and O–H groups in total. The third-order valence-electron chi connectivity index (χ3n) is 12.3. The smallest absolute Gasteiger partial charge is 0.262 e. The number of carbonyl (C=O) groups is 6. The van der Waals surface area contributed by atoms with Gasteiger partial charge < -0.3 is 4.90 Å². The number of pyridine rings is 1. The highest BCUT2D eigenvalue weighted by atomic mass is 16.2. The van der Waals surface area contributed by atoms with Gasteiger partial charge in [-0.25, -0.2) is 9.97 Å². The lowest BCUT2D eigenvalue weighted by molar-refractivity contribution is -0.136. The standard InChI is InChI=1S/C50H51N7O6/c1-33-13-14-35(28-39(33)30-44-52-23-21-41(53-44)38-10-7-22-51-31-38)29-43(58)36-17-15-34(16-18-36)32-55-24-26-56(27-25-55)46(60)12-5-3-2-4-8-37-9-6-11-40-47(37)50(63)57(49(40)62)42-19-20-45(59)54-48(42)61/h6-7,9-11,13-18,21-23,28,31,42H,2-5,8,12,19-20,24-27,29-30,32H2,1H3,(H,54,59,61). The molecule has 13 nitrogen and oxygen atoms in total. The summed E-state index contributed by atoms with van der Waals surface area (Å²) < 4.78 is 0. The van der Waals surface area contributed by atoms with Crippen LogP contribution in [0.25, 0.3) is 11.3 Å². The second-order valence-corrected chi connectivity index (χ2v) is 16.7. The molecule has 3 aliphatic heterocycles. The van der Waals surface area contributed by atoms with Gasteiger partial charge in [0.25, 0.3) is 11.8 Å². The highest BCUT2D eigenvalue weighted by Gasteiger charge is 2.45. The minimum atomic E-state index is -0.983. The molecule has 1 unspecified atom stereocenters. The average molecular weight is 846 g/mol. The van der Waals surface area contributed by atoms with Gasteiger partial charge in [0.15, 0.2) is 5.78 Å². The van der Waals surface area contributed by atoms with E-state index >= 15 is 0 Å². The Kier molecular flexibility index (Phi) is 13.3. The van der Waals surface area contributed by atoms with Crippen LogP contribution < -0.4 is 5.32 Å². The summed E-state index contributed by atoms with van der Waals surface area (Å²) in [7, 11) is 0. The molecule has 5 heterocycles. The van der Waals surface area contributed by atoms with Crippen molar-refractivity contribution >= 4 is 35.3 Å². The molecule has 2 fully saturated rings. The molecule has 0 bridgehead atoms. The number of piperidine rings is 1. The van der Waals surface area contributed by atoms with E-state index in [0.717, 1.165) is 89.3 Å². The maximum absolute atomic E-state index is 13.4. The Morgan fingerprint density at radius 3 is 2.37 bits per heavy atom. The van der Waals surface area contributed by atoms with Crippen LogP contribution in [0.5, 0.6) is 0 Å². The van der Waals surface area contributed by atoms with Crippen LogP contribution in [-0.2, 0) is 40.2 Å². The summed E-state index contributed by atoms with van der Waals surface area (Å²) >= 11 is 0. The first-order valence-electron chi connectivity index (χ1n) is 21.9. The van der Waals surface area contributed by atoms with Crippen molar-refractivity contribution in [2.24, 2.45) is 0 Å². The van der Waals surface area contributed by atoms with Crippen molar-refractivity contribution < 1.29 is 28.8 Å². The van der Waals surface area contributed by atoms with Crippen molar-refractivity contribution in [3.8, 4) is 11.3 Å². The van der Waals surface area contributed by atoms with E-state index in [1.165, 1.54) is 0 Å². The molecule has 8 rings (SSSR count). The minimum absolute atomic E-state index is 0.0620. The molecule has 3 aromatic carbocycles. The van der Waals surface area contributed by atoms with Crippen molar-refractivity contribution in [1.82, 2.24) is 35.0 Å². The number of aryl methyl sites for hydroxylation is 2. The molecule has 5 aromatic rings. The van der Waals surface area contributed by atoms with Gasteiger partial charge in [-0.3, -0.25) is 48.9 Å². The van der Waals surface area contributed by atoms with Gasteiger partial charge in [0, 0.05) is 88.1 Å². The van der Waals surface area contributed by atoms with E-state index < -0.39 is 29.7 Å². The van der Waals surface area contributed by atoms with Gasteiger partial charge in [0.2, 0.25) is 17.7 Å². The van der Waals surface area contributed by atoms with E-state index in [0.29, 0.717) is 61.3 Å². The number of imide groups is 2. The Balaban J connectivity index is 0.739. The summed E-state index contributed by atoms with van der Waals surface area (Å²) in [5.74, 6) is -1.05. The summed E-state index contributed by atoms with van der Waals surface area (Å²) in [5.41, 5.74) is 8.16. The van der Waals surface area contributed by atoms with Gasteiger partial charge in [-0.05, 0) is 84.7 Å². The fourth-order valence-corrected chi connectivity index (χ4v) is 8.75. The van der Waals surface area contributed by atoms with E-state index in [2.05, 4.69) is 39.2 Å². The Labute approximate surface area is 366 Å². The van der Waals surface area contributed by atoms with Crippen LogP contribution in [-0.4, -0.2) is 97.2 Å². The largest absolute Gasteiger partial charge is 0.340 e. The number of rotatable bonds is 16. The predicted molar refractivity (Wildman–Crippen MR) is 235 cm³/mol. The van der Waals surface area contributed by atoms with Crippen molar-refractivity contribution in [2.45, 2.75) is 83.7 Å².